The largest absolute Gasteiger partial charge is 0.350 e. The molecule has 0 aromatic heterocycles. The third-order valence-electron chi connectivity index (χ3n) is 5.22. The summed E-state index contributed by atoms with van der Waals surface area (Å²) >= 11 is 6.13. The standard InChI is InChI=1S/C25H20ClFN2O2/c1-15-3-6-17(7-4-15)14-29-24(30)22(18-8-11-20(27)12-9-18)23(25(29)31)28-21-13-19(26)10-5-16(21)2/h3-13,28H,14H2,1-2H3. The van der Waals surface area contributed by atoms with E-state index in [9.17, 15) is 14.0 Å². The lowest BCUT2D eigenvalue weighted by Crippen LogP contribution is -2.32. The summed E-state index contributed by atoms with van der Waals surface area (Å²) < 4.78 is 13.5. The van der Waals surface area contributed by atoms with Crippen LogP contribution in [0, 0.1) is 19.7 Å². The molecule has 0 saturated carbocycles. The fourth-order valence-electron chi connectivity index (χ4n) is 3.46. The first-order chi connectivity index (χ1) is 14.8. The van der Waals surface area contributed by atoms with Crippen molar-refractivity contribution in [1.29, 1.82) is 0 Å². The van der Waals surface area contributed by atoms with Gasteiger partial charge in [-0.1, -0.05) is 59.6 Å². The molecule has 156 valence electrons. The first kappa shape index (κ1) is 20.8. The van der Waals surface area contributed by atoms with E-state index in [1.165, 1.54) is 29.2 Å². The molecule has 0 bridgehead atoms. The fourth-order valence-corrected chi connectivity index (χ4v) is 3.63. The van der Waals surface area contributed by atoms with Gasteiger partial charge in [-0.3, -0.25) is 14.5 Å². The predicted octanol–water partition coefficient (Wildman–Crippen LogP) is 5.49. The van der Waals surface area contributed by atoms with E-state index in [1.807, 2.05) is 44.2 Å². The molecule has 31 heavy (non-hydrogen) atoms. The van der Waals surface area contributed by atoms with Gasteiger partial charge in [-0.15, -0.1) is 0 Å². The molecule has 2 amide bonds. The van der Waals surface area contributed by atoms with Crippen molar-refractivity contribution in [1.82, 2.24) is 4.90 Å². The summed E-state index contributed by atoms with van der Waals surface area (Å²) in [5.41, 5.74) is 4.24. The van der Waals surface area contributed by atoms with Crippen molar-refractivity contribution >= 4 is 34.7 Å². The first-order valence-corrected chi connectivity index (χ1v) is 10.2. The molecular weight excluding hydrogens is 415 g/mol. The zero-order valence-corrected chi connectivity index (χ0v) is 17.8. The van der Waals surface area contributed by atoms with Gasteiger partial charge in [0, 0.05) is 10.7 Å². The molecular formula is C25H20ClFN2O2. The molecule has 0 atom stereocenters. The summed E-state index contributed by atoms with van der Waals surface area (Å²) in [4.78, 5) is 27.8. The molecule has 6 heteroatoms. The highest BCUT2D eigenvalue weighted by atomic mass is 35.5. The van der Waals surface area contributed by atoms with E-state index in [-0.39, 0.29) is 17.8 Å². The Labute approximate surface area is 185 Å². The summed E-state index contributed by atoms with van der Waals surface area (Å²) in [6.07, 6.45) is 0. The van der Waals surface area contributed by atoms with Gasteiger partial charge in [-0.2, -0.15) is 0 Å². The van der Waals surface area contributed by atoms with Gasteiger partial charge in [0.1, 0.15) is 11.5 Å². The molecule has 1 aliphatic rings. The van der Waals surface area contributed by atoms with Crippen molar-refractivity contribution in [3.8, 4) is 0 Å². The number of benzene rings is 3. The van der Waals surface area contributed by atoms with Crippen LogP contribution in [0.2, 0.25) is 5.02 Å². The minimum absolute atomic E-state index is 0.141. The van der Waals surface area contributed by atoms with Crippen LogP contribution in [-0.4, -0.2) is 16.7 Å². The number of imide groups is 1. The van der Waals surface area contributed by atoms with Crippen molar-refractivity contribution in [2.75, 3.05) is 5.32 Å². The Hall–Kier alpha value is -3.44. The lowest BCUT2D eigenvalue weighted by atomic mass is 10.0. The van der Waals surface area contributed by atoms with Gasteiger partial charge in [0.25, 0.3) is 11.8 Å². The minimum atomic E-state index is -0.440. The van der Waals surface area contributed by atoms with E-state index >= 15 is 0 Å². The average Bonchev–Trinajstić information content (AvgIpc) is 2.97. The molecule has 1 N–H and O–H groups in total. The molecule has 1 aliphatic heterocycles. The Morgan fingerprint density at radius 2 is 1.58 bits per heavy atom. The Morgan fingerprint density at radius 3 is 2.26 bits per heavy atom. The number of nitrogens with zero attached hydrogens (tertiary/aromatic N) is 1. The molecule has 0 radical (unpaired) electrons. The van der Waals surface area contributed by atoms with Crippen molar-refractivity contribution in [3.63, 3.8) is 0 Å². The highest BCUT2D eigenvalue weighted by Crippen LogP contribution is 2.33. The van der Waals surface area contributed by atoms with Crippen LogP contribution < -0.4 is 5.32 Å². The van der Waals surface area contributed by atoms with Crippen molar-refractivity contribution in [3.05, 3.63) is 106 Å². The van der Waals surface area contributed by atoms with E-state index in [2.05, 4.69) is 5.32 Å². The molecule has 4 rings (SSSR count). The number of carbonyl (C=O) groups is 2. The maximum Gasteiger partial charge on any atom is 0.278 e. The van der Waals surface area contributed by atoms with Crippen molar-refractivity contribution in [2.45, 2.75) is 20.4 Å². The van der Waals surface area contributed by atoms with Gasteiger partial charge in [-0.25, -0.2) is 4.39 Å². The maximum absolute atomic E-state index is 13.5. The van der Waals surface area contributed by atoms with Crippen LogP contribution in [0.5, 0.6) is 0 Å². The van der Waals surface area contributed by atoms with Gasteiger partial charge >= 0.3 is 0 Å². The topological polar surface area (TPSA) is 49.4 Å². The van der Waals surface area contributed by atoms with E-state index in [4.69, 9.17) is 11.6 Å². The number of hydrogen-bond acceptors (Lipinski definition) is 3. The zero-order chi connectivity index (χ0) is 22.1. The smallest absolute Gasteiger partial charge is 0.278 e. The van der Waals surface area contributed by atoms with Crippen LogP contribution in [-0.2, 0) is 16.1 Å². The van der Waals surface area contributed by atoms with E-state index < -0.39 is 17.6 Å². The summed E-state index contributed by atoms with van der Waals surface area (Å²) in [6, 6.07) is 18.5. The van der Waals surface area contributed by atoms with Gasteiger partial charge in [0.15, 0.2) is 0 Å². The highest BCUT2D eigenvalue weighted by molar-refractivity contribution is 6.36. The maximum atomic E-state index is 13.5. The molecule has 0 spiro atoms. The van der Waals surface area contributed by atoms with Crippen LogP contribution in [0.4, 0.5) is 10.1 Å². The number of amides is 2. The Morgan fingerprint density at radius 1 is 0.903 bits per heavy atom. The van der Waals surface area contributed by atoms with Crippen LogP contribution in [0.1, 0.15) is 22.3 Å². The number of carbonyl (C=O) groups excluding carboxylic acids is 2. The van der Waals surface area contributed by atoms with Crippen LogP contribution >= 0.6 is 11.6 Å². The Balaban J connectivity index is 1.76. The Bertz CT molecular complexity index is 1200. The molecule has 0 saturated heterocycles. The monoisotopic (exact) mass is 434 g/mol. The normalized spacial score (nSPS) is 13.9. The molecule has 0 aliphatic carbocycles. The Kier molecular flexibility index (Phi) is 5.61. The lowest BCUT2D eigenvalue weighted by molar-refractivity contribution is -0.137. The number of anilines is 1. The van der Waals surface area contributed by atoms with Crippen molar-refractivity contribution < 1.29 is 14.0 Å². The third-order valence-corrected chi connectivity index (χ3v) is 5.46. The van der Waals surface area contributed by atoms with Gasteiger partial charge in [-0.05, 0) is 54.8 Å². The molecule has 3 aromatic carbocycles. The molecule has 1 heterocycles. The number of aryl methyl sites for hydroxylation is 2. The van der Waals surface area contributed by atoms with E-state index in [0.717, 1.165) is 16.7 Å². The predicted molar refractivity (Wildman–Crippen MR) is 120 cm³/mol. The first-order valence-electron chi connectivity index (χ1n) is 9.78. The zero-order valence-electron chi connectivity index (χ0n) is 17.1. The summed E-state index contributed by atoms with van der Waals surface area (Å²) in [5.74, 6) is -1.29. The van der Waals surface area contributed by atoms with Crippen molar-refractivity contribution in [2.24, 2.45) is 0 Å². The summed E-state index contributed by atoms with van der Waals surface area (Å²) in [7, 11) is 0. The molecule has 0 unspecified atom stereocenters. The number of halogens is 2. The lowest BCUT2D eigenvalue weighted by Gasteiger charge is -2.16. The molecule has 0 fully saturated rings. The fraction of sp³-hybridized carbons (Fsp3) is 0.120. The minimum Gasteiger partial charge on any atom is -0.350 e. The van der Waals surface area contributed by atoms with Crippen LogP contribution in [0.15, 0.2) is 72.4 Å². The highest BCUT2D eigenvalue weighted by Gasteiger charge is 2.39. The molecule has 4 nitrogen and oxygen atoms in total. The number of rotatable bonds is 5. The quantitative estimate of drug-likeness (QED) is 0.540. The third kappa shape index (κ3) is 4.23. The van der Waals surface area contributed by atoms with Crippen LogP contribution in [0.25, 0.3) is 5.57 Å². The van der Waals surface area contributed by atoms with Crippen LogP contribution in [0.3, 0.4) is 0 Å². The van der Waals surface area contributed by atoms with E-state index in [0.29, 0.717) is 16.3 Å². The second-order valence-corrected chi connectivity index (χ2v) is 7.96. The number of nitrogens with one attached hydrogen (secondary N) is 1. The van der Waals surface area contributed by atoms with Gasteiger partial charge in [0.05, 0.1) is 12.1 Å². The second kappa shape index (κ2) is 8.36. The molecule has 3 aromatic rings. The van der Waals surface area contributed by atoms with E-state index in [1.54, 1.807) is 12.1 Å². The average molecular weight is 435 g/mol. The SMILES string of the molecule is Cc1ccc(CN2C(=O)C(Nc3cc(Cl)ccc3C)=C(c3ccc(F)cc3)C2=O)cc1. The summed E-state index contributed by atoms with van der Waals surface area (Å²) in [5, 5.41) is 3.61. The second-order valence-electron chi connectivity index (χ2n) is 7.52. The number of hydrogen-bond donors (Lipinski definition) is 1. The van der Waals surface area contributed by atoms with Gasteiger partial charge in [0.2, 0.25) is 0 Å². The summed E-state index contributed by atoms with van der Waals surface area (Å²) in [6.45, 7) is 3.99. The van der Waals surface area contributed by atoms with Gasteiger partial charge < -0.3 is 5.32 Å².